The van der Waals surface area contributed by atoms with E-state index in [0.29, 0.717) is 22.2 Å². The minimum atomic E-state index is -3.74. The van der Waals surface area contributed by atoms with Crippen LogP contribution in [0, 0.1) is 0 Å². The van der Waals surface area contributed by atoms with Gasteiger partial charge in [0.25, 0.3) is 0 Å². The van der Waals surface area contributed by atoms with Crippen LogP contribution in [0.2, 0.25) is 0 Å². The van der Waals surface area contributed by atoms with Crippen molar-refractivity contribution in [1.82, 2.24) is 4.72 Å². The molecule has 6 nitrogen and oxygen atoms in total. The quantitative estimate of drug-likeness (QED) is 0.683. The van der Waals surface area contributed by atoms with Crippen molar-refractivity contribution in [2.45, 2.75) is 18.4 Å². The van der Waals surface area contributed by atoms with Crippen LogP contribution in [0.3, 0.4) is 0 Å². The van der Waals surface area contributed by atoms with Crippen LogP contribution in [-0.4, -0.2) is 21.4 Å². The van der Waals surface area contributed by atoms with Crippen molar-refractivity contribution in [3.63, 3.8) is 0 Å². The van der Waals surface area contributed by atoms with Gasteiger partial charge in [0.1, 0.15) is 5.75 Å². The molecule has 7 heteroatoms. The van der Waals surface area contributed by atoms with Gasteiger partial charge in [0.15, 0.2) is 0 Å². The molecule has 0 heterocycles. The maximum Gasteiger partial charge on any atom is 0.241 e. The van der Waals surface area contributed by atoms with Crippen molar-refractivity contribution in [2.75, 3.05) is 12.4 Å². The highest BCUT2D eigenvalue weighted by atomic mass is 32.2. The summed E-state index contributed by atoms with van der Waals surface area (Å²) >= 11 is 0. The highest BCUT2D eigenvalue weighted by Gasteiger charge is 2.18. The molecule has 0 fully saturated rings. The summed E-state index contributed by atoms with van der Waals surface area (Å²) in [6.45, 7) is 1.57. The molecule has 0 saturated carbocycles. The number of methoxy groups -OCH3 is 1. The molecule has 0 spiro atoms. The van der Waals surface area contributed by atoms with Crippen LogP contribution in [0.25, 0.3) is 10.8 Å². The summed E-state index contributed by atoms with van der Waals surface area (Å²) in [7, 11) is -2.16. The Kier molecular flexibility index (Phi) is 5.43. The third kappa shape index (κ3) is 4.27. The normalized spacial score (nSPS) is 11.3. The van der Waals surface area contributed by atoms with Crippen LogP contribution in [0.15, 0.2) is 65.6 Å². The van der Waals surface area contributed by atoms with E-state index in [1.165, 1.54) is 6.92 Å². The Morgan fingerprint density at radius 3 is 2.30 bits per heavy atom. The Morgan fingerprint density at radius 1 is 0.963 bits per heavy atom. The molecular formula is C20H20N2O4S. The first kappa shape index (κ1) is 18.9. The van der Waals surface area contributed by atoms with E-state index in [2.05, 4.69) is 10.0 Å². The van der Waals surface area contributed by atoms with E-state index < -0.39 is 10.0 Å². The summed E-state index contributed by atoms with van der Waals surface area (Å²) in [5, 5.41) is 3.94. The Labute approximate surface area is 158 Å². The summed E-state index contributed by atoms with van der Waals surface area (Å²) in [6.07, 6.45) is 0. The molecule has 0 aliphatic carbocycles. The van der Waals surface area contributed by atoms with Gasteiger partial charge in [-0.05, 0) is 29.8 Å². The second kappa shape index (κ2) is 7.77. The van der Waals surface area contributed by atoms with Gasteiger partial charge in [-0.15, -0.1) is 0 Å². The molecule has 0 aliphatic heterocycles. The lowest BCUT2D eigenvalue weighted by Gasteiger charge is -2.12. The summed E-state index contributed by atoms with van der Waals surface area (Å²) in [5.41, 5.74) is 1.39. The van der Waals surface area contributed by atoms with Gasteiger partial charge in [-0.3, -0.25) is 4.79 Å². The molecule has 0 aliphatic rings. The number of sulfonamides is 1. The Morgan fingerprint density at radius 2 is 1.63 bits per heavy atom. The molecule has 0 bridgehead atoms. The zero-order chi connectivity index (χ0) is 19.4. The highest BCUT2D eigenvalue weighted by molar-refractivity contribution is 7.89. The predicted molar refractivity (Wildman–Crippen MR) is 105 cm³/mol. The minimum absolute atomic E-state index is 0.161. The van der Waals surface area contributed by atoms with Crippen LogP contribution in [0.1, 0.15) is 12.5 Å². The Hall–Kier alpha value is -2.90. The molecule has 0 aromatic heterocycles. The second-order valence-corrected chi connectivity index (χ2v) is 7.75. The molecule has 3 rings (SSSR count). The first-order chi connectivity index (χ1) is 12.9. The zero-order valence-electron chi connectivity index (χ0n) is 15.0. The summed E-state index contributed by atoms with van der Waals surface area (Å²) < 4.78 is 33.4. The van der Waals surface area contributed by atoms with Gasteiger partial charge in [0.05, 0.1) is 12.0 Å². The van der Waals surface area contributed by atoms with Gasteiger partial charge in [-0.2, -0.15) is 0 Å². The molecule has 140 valence electrons. The standard InChI is InChI=1S/C20H20N2O4S/c1-14(23)22-19-7-3-6-18-17(19)5-4-8-20(18)27(24,25)21-13-15-9-11-16(26-2)12-10-15/h3-12,21H,13H2,1-2H3,(H,22,23). The number of amides is 1. The van der Waals surface area contributed by atoms with Gasteiger partial charge in [-0.1, -0.05) is 36.4 Å². The van der Waals surface area contributed by atoms with E-state index in [-0.39, 0.29) is 17.3 Å². The lowest BCUT2D eigenvalue weighted by Crippen LogP contribution is -2.23. The van der Waals surface area contributed by atoms with Crippen LogP contribution in [-0.2, 0) is 21.4 Å². The summed E-state index contributed by atoms with van der Waals surface area (Å²) in [5.74, 6) is 0.495. The fraction of sp³-hybridized carbons (Fsp3) is 0.150. The van der Waals surface area contributed by atoms with Gasteiger partial charge in [0.2, 0.25) is 15.9 Å². The predicted octanol–water partition coefficient (Wildman–Crippen LogP) is 3.29. The van der Waals surface area contributed by atoms with Crippen LogP contribution in [0.4, 0.5) is 5.69 Å². The van der Waals surface area contributed by atoms with Gasteiger partial charge in [0, 0.05) is 29.9 Å². The number of fused-ring (bicyclic) bond motifs is 1. The number of nitrogens with one attached hydrogen (secondary N) is 2. The molecular weight excluding hydrogens is 364 g/mol. The van der Waals surface area contributed by atoms with E-state index >= 15 is 0 Å². The van der Waals surface area contributed by atoms with Crippen molar-refractivity contribution in [2.24, 2.45) is 0 Å². The number of anilines is 1. The van der Waals surface area contributed by atoms with Crippen LogP contribution < -0.4 is 14.8 Å². The van der Waals surface area contributed by atoms with Gasteiger partial charge in [-0.25, -0.2) is 13.1 Å². The maximum absolute atomic E-state index is 12.9. The van der Waals surface area contributed by atoms with E-state index in [4.69, 9.17) is 4.74 Å². The molecule has 0 unspecified atom stereocenters. The van der Waals surface area contributed by atoms with Gasteiger partial charge >= 0.3 is 0 Å². The molecule has 2 N–H and O–H groups in total. The second-order valence-electron chi connectivity index (χ2n) is 6.01. The van der Waals surface area contributed by atoms with E-state index in [1.807, 2.05) is 0 Å². The summed E-state index contributed by atoms with van der Waals surface area (Å²) in [4.78, 5) is 11.6. The molecule has 0 saturated heterocycles. The molecule has 3 aromatic rings. The summed E-state index contributed by atoms with van der Waals surface area (Å²) in [6, 6.07) is 17.3. The molecule has 3 aromatic carbocycles. The lowest BCUT2D eigenvalue weighted by atomic mass is 10.1. The number of carbonyl (C=O) groups is 1. The van der Waals surface area contributed by atoms with Gasteiger partial charge < -0.3 is 10.1 Å². The molecule has 27 heavy (non-hydrogen) atoms. The number of benzene rings is 3. The van der Waals surface area contributed by atoms with Crippen molar-refractivity contribution in [1.29, 1.82) is 0 Å². The number of hydrogen-bond donors (Lipinski definition) is 2. The number of ether oxygens (including phenoxy) is 1. The number of hydrogen-bond acceptors (Lipinski definition) is 4. The smallest absolute Gasteiger partial charge is 0.241 e. The third-order valence-corrected chi connectivity index (χ3v) is 5.57. The van der Waals surface area contributed by atoms with Crippen molar-refractivity contribution in [3.05, 3.63) is 66.2 Å². The van der Waals surface area contributed by atoms with Crippen molar-refractivity contribution >= 4 is 32.4 Å². The minimum Gasteiger partial charge on any atom is -0.497 e. The molecule has 0 atom stereocenters. The van der Waals surface area contributed by atoms with Crippen LogP contribution in [0.5, 0.6) is 5.75 Å². The van der Waals surface area contributed by atoms with E-state index in [9.17, 15) is 13.2 Å². The van der Waals surface area contributed by atoms with E-state index in [1.54, 1.807) is 67.8 Å². The third-order valence-electron chi connectivity index (χ3n) is 4.11. The number of rotatable bonds is 6. The SMILES string of the molecule is COc1ccc(CNS(=O)(=O)c2cccc3c(NC(C)=O)cccc23)cc1. The van der Waals surface area contributed by atoms with Crippen molar-refractivity contribution in [3.8, 4) is 5.75 Å². The van der Waals surface area contributed by atoms with Crippen molar-refractivity contribution < 1.29 is 17.9 Å². The van der Waals surface area contributed by atoms with E-state index in [0.717, 1.165) is 5.56 Å². The fourth-order valence-corrected chi connectivity index (χ4v) is 4.05. The highest BCUT2D eigenvalue weighted by Crippen LogP contribution is 2.29. The largest absolute Gasteiger partial charge is 0.497 e. The molecule has 1 amide bonds. The number of carbonyl (C=O) groups excluding carboxylic acids is 1. The first-order valence-electron chi connectivity index (χ1n) is 8.32. The topological polar surface area (TPSA) is 84.5 Å². The fourth-order valence-electron chi connectivity index (χ4n) is 2.81. The average molecular weight is 384 g/mol. The monoisotopic (exact) mass is 384 g/mol. The Bertz CT molecular complexity index is 1080. The average Bonchev–Trinajstić information content (AvgIpc) is 2.66. The maximum atomic E-state index is 12.9. The zero-order valence-corrected chi connectivity index (χ0v) is 15.8. The Balaban J connectivity index is 1.91. The molecule has 0 radical (unpaired) electrons. The lowest BCUT2D eigenvalue weighted by molar-refractivity contribution is -0.114. The first-order valence-corrected chi connectivity index (χ1v) is 9.81. The van der Waals surface area contributed by atoms with Crippen LogP contribution >= 0.6 is 0 Å².